The van der Waals surface area contributed by atoms with Gasteiger partial charge in [0.1, 0.15) is 5.69 Å². The predicted molar refractivity (Wildman–Crippen MR) is 96.5 cm³/mol. The summed E-state index contributed by atoms with van der Waals surface area (Å²) in [7, 11) is 0. The molecule has 124 valence electrons. The number of H-pyrrole nitrogens is 1. The zero-order valence-corrected chi connectivity index (χ0v) is 14.1. The van der Waals surface area contributed by atoms with Gasteiger partial charge in [0.15, 0.2) is 11.5 Å². The molecule has 0 radical (unpaired) electrons. The fourth-order valence-corrected chi connectivity index (χ4v) is 3.07. The van der Waals surface area contributed by atoms with Crippen molar-refractivity contribution < 1.29 is 9.21 Å². The molecule has 1 aromatic carbocycles. The van der Waals surface area contributed by atoms with Gasteiger partial charge >= 0.3 is 0 Å². The minimum absolute atomic E-state index is 0.291. The second-order valence-electron chi connectivity index (χ2n) is 5.43. The van der Waals surface area contributed by atoms with E-state index in [2.05, 4.69) is 20.5 Å². The Bertz CT molecular complexity index is 1020. The Morgan fingerprint density at radius 2 is 2.16 bits per heavy atom. The predicted octanol–water partition coefficient (Wildman–Crippen LogP) is 4.35. The number of aromatic amines is 1. The fourth-order valence-electron chi connectivity index (χ4n) is 2.44. The first kappa shape index (κ1) is 15.3. The van der Waals surface area contributed by atoms with Crippen LogP contribution < -0.4 is 5.32 Å². The molecular formula is C18H14N4O2S. The number of carbonyl (C=O) groups excluding carboxylic acids is 1. The van der Waals surface area contributed by atoms with Gasteiger partial charge in [0.2, 0.25) is 0 Å². The lowest BCUT2D eigenvalue weighted by Crippen LogP contribution is -2.12. The average molecular weight is 350 g/mol. The van der Waals surface area contributed by atoms with Crippen molar-refractivity contribution in [3.8, 4) is 22.7 Å². The molecule has 0 atom stereocenters. The van der Waals surface area contributed by atoms with E-state index in [4.69, 9.17) is 4.42 Å². The van der Waals surface area contributed by atoms with Gasteiger partial charge in [0, 0.05) is 22.7 Å². The van der Waals surface area contributed by atoms with Crippen LogP contribution >= 0.6 is 11.3 Å². The van der Waals surface area contributed by atoms with Crippen molar-refractivity contribution in [2.24, 2.45) is 0 Å². The van der Waals surface area contributed by atoms with Crippen LogP contribution in [0.25, 0.3) is 22.7 Å². The zero-order valence-electron chi connectivity index (χ0n) is 13.3. The van der Waals surface area contributed by atoms with E-state index in [1.54, 1.807) is 35.8 Å². The zero-order chi connectivity index (χ0) is 17.2. The van der Waals surface area contributed by atoms with Crippen LogP contribution in [0.5, 0.6) is 0 Å². The van der Waals surface area contributed by atoms with Crippen molar-refractivity contribution in [2.75, 3.05) is 5.32 Å². The van der Waals surface area contributed by atoms with Gasteiger partial charge in [-0.2, -0.15) is 5.10 Å². The molecule has 6 nitrogen and oxygen atoms in total. The monoisotopic (exact) mass is 350 g/mol. The summed E-state index contributed by atoms with van der Waals surface area (Å²) in [6.07, 6.45) is 1.57. The normalized spacial score (nSPS) is 10.8. The number of amides is 1. The van der Waals surface area contributed by atoms with Crippen molar-refractivity contribution in [2.45, 2.75) is 6.92 Å². The summed E-state index contributed by atoms with van der Waals surface area (Å²) in [5, 5.41) is 12.7. The smallest absolute Gasteiger partial charge is 0.276 e. The Morgan fingerprint density at radius 1 is 1.24 bits per heavy atom. The molecule has 0 unspecified atom stereocenters. The van der Waals surface area contributed by atoms with Crippen LogP contribution in [0.15, 0.2) is 58.5 Å². The molecular weight excluding hydrogens is 336 g/mol. The second kappa shape index (κ2) is 6.37. The molecule has 2 N–H and O–H groups in total. The van der Waals surface area contributed by atoms with E-state index in [0.717, 1.165) is 16.3 Å². The lowest BCUT2D eigenvalue weighted by atomic mass is 10.1. The van der Waals surface area contributed by atoms with E-state index >= 15 is 0 Å². The molecule has 7 heteroatoms. The Hall–Kier alpha value is -3.19. The highest BCUT2D eigenvalue weighted by molar-refractivity contribution is 7.09. The number of hydrogen-bond acceptors (Lipinski definition) is 5. The molecule has 0 saturated heterocycles. The molecule has 3 aromatic heterocycles. The number of rotatable bonds is 4. The fraction of sp³-hybridized carbons (Fsp3) is 0.0556. The number of aryl methyl sites for hydroxylation is 1. The van der Waals surface area contributed by atoms with Gasteiger partial charge < -0.3 is 9.73 Å². The molecule has 4 rings (SSSR count). The Kier molecular flexibility index (Phi) is 3.91. The summed E-state index contributed by atoms with van der Waals surface area (Å²) >= 11 is 1.60. The summed E-state index contributed by atoms with van der Waals surface area (Å²) in [4.78, 5) is 16.9. The van der Waals surface area contributed by atoms with Gasteiger partial charge in [-0.25, -0.2) is 4.98 Å². The van der Waals surface area contributed by atoms with Crippen LogP contribution in [0.3, 0.4) is 0 Å². The van der Waals surface area contributed by atoms with Gasteiger partial charge in [-0.1, -0.05) is 12.1 Å². The lowest BCUT2D eigenvalue weighted by Gasteiger charge is -2.05. The van der Waals surface area contributed by atoms with Crippen molar-refractivity contribution >= 4 is 22.9 Å². The van der Waals surface area contributed by atoms with Gasteiger partial charge in [0.25, 0.3) is 5.91 Å². The maximum atomic E-state index is 12.4. The topological polar surface area (TPSA) is 83.8 Å². The molecule has 1 amide bonds. The molecule has 0 spiro atoms. The number of thiazole rings is 1. The molecule has 0 aliphatic carbocycles. The standard InChI is InChI=1S/C18H14N4O2S/c1-11-19-16(10-25-11)12-4-2-5-13(8-12)20-18(23)15-9-14(21-22-15)17-6-3-7-24-17/h2-10H,1H3,(H,20,23)(H,21,22). The maximum absolute atomic E-state index is 12.4. The summed E-state index contributed by atoms with van der Waals surface area (Å²) in [5.74, 6) is 0.341. The molecule has 0 bridgehead atoms. The van der Waals surface area contributed by atoms with Gasteiger partial charge in [-0.15, -0.1) is 11.3 Å². The average Bonchev–Trinajstić information content (AvgIpc) is 3.36. The number of benzene rings is 1. The van der Waals surface area contributed by atoms with Crippen LogP contribution in [0, 0.1) is 6.92 Å². The molecule has 0 aliphatic heterocycles. The maximum Gasteiger partial charge on any atom is 0.276 e. The van der Waals surface area contributed by atoms with Crippen LogP contribution in [0.1, 0.15) is 15.5 Å². The molecule has 25 heavy (non-hydrogen) atoms. The number of aromatic nitrogens is 3. The summed E-state index contributed by atoms with van der Waals surface area (Å²) in [6, 6.07) is 12.8. The van der Waals surface area contributed by atoms with E-state index < -0.39 is 0 Å². The highest BCUT2D eigenvalue weighted by atomic mass is 32.1. The Balaban J connectivity index is 1.53. The van der Waals surface area contributed by atoms with Crippen molar-refractivity contribution in [1.29, 1.82) is 0 Å². The number of hydrogen-bond donors (Lipinski definition) is 2. The lowest BCUT2D eigenvalue weighted by molar-refractivity contribution is 0.102. The molecule has 0 fully saturated rings. The summed E-state index contributed by atoms with van der Waals surface area (Å²) in [6.45, 7) is 1.97. The van der Waals surface area contributed by atoms with Crippen LogP contribution in [-0.2, 0) is 0 Å². The first-order valence-electron chi connectivity index (χ1n) is 7.62. The second-order valence-corrected chi connectivity index (χ2v) is 6.49. The number of anilines is 1. The van der Waals surface area contributed by atoms with Gasteiger partial charge in [-0.05, 0) is 31.2 Å². The van der Waals surface area contributed by atoms with Crippen LogP contribution in [-0.4, -0.2) is 21.1 Å². The van der Waals surface area contributed by atoms with Gasteiger partial charge in [-0.3, -0.25) is 9.89 Å². The third-order valence-electron chi connectivity index (χ3n) is 3.63. The van der Waals surface area contributed by atoms with Crippen LogP contribution in [0.4, 0.5) is 5.69 Å². The summed E-state index contributed by atoms with van der Waals surface area (Å²) < 4.78 is 5.29. The first-order chi connectivity index (χ1) is 12.2. The number of furan rings is 1. The Morgan fingerprint density at radius 3 is 2.92 bits per heavy atom. The van der Waals surface area contributed by atoms with E-state index in [1.807, 2.05) is 36.6 Å². The van der Waals surface area contributed by atoms with Gasteiger partial charge in [0.05, 0.1) is 17.0 Å². The Labute approximate surface area is 147 Å². The van der Waals surface area contributed by atoms with Crippen molar-refractivity contribution in [3.05, 3.63) is 64.8 Å². The third kappa shape index (κ3) is 3.22. The quantitative estimate of drug-likeness (QED) is 0.573. The van der Waals surface area contributed by atoms with Crippen LogP contribution in [0.2, 0.25) is 0 Å². The number of nitrogens with one attached hydrogen (secondary N) is 2. The molecule has 3 heterocycles. The first-order valence-corrected chi connectivity index (χ1v) is 8.50. The summed E-state index contributed by atoms with van der Waals surface area (Å²) in [5.41, 5.74) is 3.50. The highest BCUT2D eigenvalue weighted by Gasteiger charge is 2.13. The highest BCUT2D eigenvalue weighted by Crippen LogP contribution is 2.24. The number of carbonyl (C=O) groups is 1. The van der Waals surface area contributed by atoms with Crippen molar-refractivity contribution in [3.63, 3.8) is 0 Å². The van der Waals surface area contributed by atoms with E-state index in [9.17, 15) is 4.79 Å². The molecule has 0 saturated carbocycles. The third-order valence-corrected chi connectivity index (χ3v) is 4.41. The number of nitrogens with zero attached hydrogens (tertiary/aromatic N) is 2. The largest absolute Gasteiger partial charge is 0.463 e. The van der Waals surface area contributed by atoms with E-state index in [1.165, 1.54) is 0 Å². The minimum Gasteiger partial charge on any atom is -0.463 e. The van der Waals surface area contributed by atoms with E-state index in [0.29, 0.717) is 22.8 Å². The molecule has 0 aliphatic rings. The van der Waals surface area contributed by atoms with E-state index in [-0.39, 0.29) is 5.91 Å². The van der Waals surface area contributed by atoms with Crippen molar-refractivity contribution in [1.82, 2.24) is 15.2 Å². The minimum atomic E-state index is -0.291. The molecule has 4 aromatic rings. The SMILES string of the molecule is Cc1nc(-c2cccc(NC(=O)c3cc(-c4ccco4)[nH]n3)c2)cs1.